The Hall–Kier alpha value is -4.06. The number of carbonyl (C=O) groups excluding carboxylic acids is 1. The molecule has 0 saturated heterocycles. The summed E-state index contributed by atoms with van der Waals surface area (Å²) in [5.74, 6) is -0.0569. The van der Waals surface area contributed by atoms with Crippen LogP contribution in [0.4, 0.5) is 5.69 Å². The third kappa shape index (κ3) is 4.54. The molecule has 43 heavy (non-hydrogen) atoms. The van der Waals surface area contributed by atoms with E-state index in [1.807, 2.05) is 60.3 Å². The molecule has 0 amide bonds. The molecule has 0 saturated carbocycles. The fourth-order valence-electron chi connectivity index (χ4n) is 6.12. The van der Waals surface area contributed by atoms with Crippen molar-refractivity contribution in [2.75, 3.05) is 5.01 Å². The van der Waals surface area contributed by atoms with Crippen LogP contribution < -0.4 is 5.01 Å². The molecule has 0 radical (unpaired) electrons. The Labute approximate surface area is 262 Å². The summed E-state index contributed by atoms with van der Waals surface area (Å²) in [6, 6.07) is 46.6. The summed E-state index contributed by atoms with van der Waals surface area (Å²) in [4.78, 5) is 13.9. The number of thioether (sulfide) groups is 2. The molecule has 1 spiro atoms. The van der Waals surface area contributed by atoms with Crippen molar-refractivity contribution in [2.45, 2.75) is 35.6 Å². The predicted octanol–water partition coefficient (Wildman–Crippen LogP) is 9.41. The Morgan fingerprint density at radius 2 is 1.16 bits per heavy atom. The fourth-order valence-corrected chi connectivity index (χ4v) is 9.74. The highest BCUT2D eigenvalue weighted by Gasteiger charge is 2.61. The van der Waals surface area contributed by atoms with Crippen molar-refractivity contribution < 1.29 is 4.79 Å². The fraction of sp³-hybridized carbons (Fsp3) is 0.158. The second kappa shape index (κ2) is 11.2. The molecule has 0 aliphatic carbocycles. The molecule has 2 aliphatic heterocycles. The van der Waals surface area contributed by atoms with Crippen LogP contribution in [-0.2, 0) is 21.8 Å². The van der Waals surface area contributed by atoms with Gasteiger partial charge in [-0.05, 0) is 52.8 Å². The van der Waals surface area contributed by atoms with E-state index in [-0.39, 0.29) is 5.78 Å². The van der Waals surface area contributed by atoms with Gasteiger partial charge in [0, 0.05) is 11.1 Å². The molecule has 5 aromatic carbocycles. The molecule has 7 rings (SSSR count). The predicted molar refractivity (Wildman–Crippen MR) is 182 cm³/mol. The lowest BCUT2D eigenvalue weighted by molar-refractivity contribution is 0.106. The molecule has 2 aliphatic rings. The SMILES string of the molecule is CCc1ccc(C2(c3ccc(CC)cc3)S[C@@]3(SC(C(=O)c4ccccc4)=NN3c3ccccc3)c3ccccc32)cc1. The third-order valence-electron chi connectivity index (χ3n) is 8.41. The second-order valence-corrected chi connectivity index (χ2v) is 13.7. The number of aryl methyl sites for hydroxylation is 2. The lowest BCUT2D eigenvalue weighted by atomic mass is 9.81. The molecule has 0 fully saturated rings. The van der Waals surface area contributed by atoms with E-state index in [9.17, 15) is 4.79 Å². The van der Waals surface area contributed by atoms with Crippen LogP contribution in [0.2, 0.25) is 0 Å². The van der Waals surface area contributed by atoms with Gasteiger partial charge in [0.2, 0.25) is 5.78 Å². The average molecular weight is 597 g/mol. The molecule has 1 atom stereocenters. The molecule has 0 aromatic heterocycles. The number of Topliss-reactive ketones (excluding diaryl/α,β-unsaturated/α-hetero) is 1. The average Bonchev–Trinajstić information content (AvgIpc) is 3.62. The zero-order chi connectivity index (χ0) is 29.4. The van der Waals surface area contributed by atoms with E-state index in [0.29, 0.717) is 10.6 Å². The summed E-state index contributed by atoms with van der Waals surface area (Å²) in [6.07, 6.45) is 1.98. The number of fused-ring (bicyclic) bond motifs is 2. The molecule has 212 valence electrons. The maximum Gasteiger partial charge on any atom is 0.219 e. The number of hydrazone groups is 1. The molecule has 3 nitrogen and oxygen atoms in total. The Bertz CT molecular complexity index is 1750. The number of carbonyl (C=O) groups is 1. The van der Waals surface area contributed by atoms with Gasteiger partial charge in [0.25, 0.3) is 0 Å². The van der Waals surface area contributed by atoms with E-state index >= 15 is 0 Å². The first kappa shape index (κ1) is 27.8. The van der Waals surface area contributed by atoms with Crippen molar-refractivity contribution in [1.29, 1.82) is 0 Å². The van der Waals surface area contributed by atoms with E-state index in [1.165, 1.54) is 27.8 Å². The number of nitrogens with zero attached hydrogens (tertiary/aromatic N) is 2. The molecule has 0 unspecified atom stereocenters. The zero-order valence-electron chi connectivity index (χ0n) is 24.2. The van der Waals surface area contributed by atoms with E-state index < -0.39 is 8.95 Å². The van der Waals surface area contributed by atoms with E-state index in [2.05, 4.69) is 104 Å². The van der Waals surface area contributed by atoms with Crippen LogP contribution in [-0.4, -0.2) is 10.8 Å². The lowest BCUT2D eigenvalue weighted by Gasteiger charge is -2.37. The van der Waals surface area contributed by atoms with Gasteiger partial charge in [-0.1, -0.05) is 159 Å². The van der Waals surface area contributed by atoms with Gasteiger partial charge in [0.1, 0.15) is 0 Å². The summed E-state index contributed by atoms with van der Waals surface area (Å²) >= 11 is 3.44. The van der Waals surface area contributed by atoms with E-state index in [0.717, 1.165) is 24.1 Å². The Morgan fingerprint density at radius 1 is 0.651 bits per heavy atom. The molecule has 5 heteroatoms. The van der Waals surface area contributed by atoms with E-state index in [4.69, 9.17) is 5.10 Å². The Kier molecular flexibility index (Phi) is 7.24. The van der Waals surface area contributed by atoms with Gasteiger partial charge in [0.15, 0.2) is 9.25 Å². The summed E-state index contributed by atoms with van der Waals surface area (Å²) in [5, 5.41) is 7.70. The van der Waals surface area contributed by atoms with Crippen LogP contribution in [0.15, 0.2) is 139 Å². The maximum absolute atomic E-state index is 13.9. The van der Waals surface area contributed by atoms with Gasteiger partial charge in [-0.25, -0.2) is 5.01 Å². The van der Waals surface area contributed by atoms with Crippen LogP contribution >= 0.6 is 23.5 Å². The molecular weight excluding hydrogens is 565 g/mol. The van der Waals surface area contributed by atoms with Gasteiger partial charge >= 0.3 is 0 Å². The van der Waals surface area contributed by atoms with Crippen molar-refractivity contribution in [2.24, 2.45) is 5.10 Å². The minimum atomic E-state index is -0.704. The maximum atomic E-state index is 13.9. The van der Waals surface area contributed by atoms with Crippen LogP contribution in [0, 0.1) is 0 Å². The first-order valence-electron chi connectivity index (χ1n) is 14.8. The monoisotopic (exact) mass is 596 g/mol. The summed E-state index contributed by atoms with van der Waals surface area (Å²) in [7, 11) is 0. The van der Waals surface area contributed by atoms with Crippen molar-refractivity contribution in [3.05, 3.63) is 172 Å². The minimum absolute atomic E-state index is 0.0569. The number of hydrogen-bond acceptors (Lipinski definition) is 5. The first-order valence-corrected chi connectivity index (χ1v) is 16.4. The largest absolute Gasteiger partial charge is 0.286 e. The van der Waals surface area contributed by atoms with Gasteiger partial charge < -0.3 is 0 Å². The van der Waals surface area contributed by atoms with Gasteiger partial charge in [-0.2, -0.15) is 5.10 Å². The van der Waals surface area contributed by atoms with Crippen molar-refractivity contribution in [3.8, 4) is 0 Å². The molecule has 2 heterocycles. The highest BCUT2D eigenvalue weighted by Crippen LogP contribution is 2.71. The van der Waals surface area contributed by atoms with Crippen LogP contribution in [0.3, 0.4) is 0 Å². The third-order valence-corrected chi connectivity index (χ3v) is 11.7. The standard InChI is InChI=1S/C38H32N2OS2/c1-3-27-19-23-30(24-20-27)37(31-25-21-28(4-2)22-26-31)33-17-11-12-18-34(33)38(43-37)40(32-15-9-6-10-16-32)39-36(42-38)35(41)29-13-7-5-8-14-29/h5-26H,3-4H2,1-2H3/t38-/m0/s1. The number of benzene rings is 5. The van der Waals surface area contributed by atoms with E-state index in [1.54, 1.807) is 11.8 Å². The minimum Gasteiger partial charge on any atom is -0.286 e. The highest BCUT2D eigenvalue weighted by atomic mass is 32.2. The first-order chi connectivity index (χ1) is 21.1. The summed E-state index contributed by atoms with van der Waals surface area (Å²) in [6.45, 7) is 4.39. The molecule has 0 N–H and O–H groups in total. The number of anilines is 1. The Morgan fingerprint density at radius 3 is 1.72 bits per heavy atom. The van der Waals surface area contributed by atoms with Gasteiger partial charge in [0.05, 0.1) is 10.4 Å². The quantitative estimate of drug-likeness (QED) is 0.175. The number of rotatable bonds is 7. The Balaban J connectivity index is 1.46. The van der Waals surface area contributed by atoms with Gasteiger partial charge in [-0.15, -0.1) is 0 Å². The van der Waals surface area contributed by atoms with Crippen LogP contribution in [0.1, 0.15) is 57.6 Å². The van der Waals surface area contributed by atoms with Crippen LogP contribution in [0.5, 0.6) is 0 Å². The molecule has 0 bridgehead atoms. The van der Waals surface area contributed by atoms with Crippen molar-refractivity contribution in [3.63, 3.8) is 0 Å². The van der Waals surface area contributed by atoms with Gasteiger partial charge in [-0.3, -0.25) is 4.79 Å². The smallest absolute Gasteiger partial charge is 0.219 e. The molecular formula is C38H32N2OS2. The lowest BCUT2D eigenvalue weighted by Crippen LogP contribution is -2.34. The highest BCUT2D eigenvalue weighted by molar-refractivity contribution is 8.27. The topological polar surface area (TPSA) is 32.7 Å². The number of hydrogen-bond donors (Lipinski definition) is 0. The number of ketones is 1. The normalized spacial score (nSPS) is 18.5. The van der Waals surface area contributed by atoms with Crippen molar-refractivity contribution >= 4 is 40.0 Å². The zero-order valence-corrected chi connectivity index (χ0v) is 25.9. The summed E-state index contributed by atoms with van der Waals surface area (Å²) < 4.78 is -1.22. The molecule has 5 aromatic rings. The summed E-state index contributed by atoms with van der Waals surface area (Å²) in [5.41, 5.74) is 9.05. The van der Waals surface area contributed by atoms with Crippen molar-refractivity contribution in [1.82, 2.24) is 0 Å². The van der Waals surface area contributed by atoms with Crippen LogP contribution in [0.25, 0.3) is 0 Å². The number of para-hydroxylation sites is 1. The second-order valence-electron chi connectivity index (χ2n) is 10.9.